The number of carbonyl (C=O) groups is 1. The summed E-state index contributed by atoms with van der Waals surface area (Å²) in [6.45, 7) is 2.30. The number of carbonyl (C=O) groups excluding carboxylic acids is 1. The molecule has 1 aliphatic heterocycles. The lowest BCUT2D eigenvalue weighted by molar-refractivity contribution is -0.120. The molecule has 0 aliphatic carbocycles. The number of nitrogens with zero attached hydrogens (tertiary/aromatic N) is 5. The van der Waals surface area contributed by atoms with Gasteiger partial charge in [0.05, 0.1) is 11.9 Å². The second-order valence-electron chi connectivity index (χ2n) is 6.23. The maximum absolute atomic E-state index is 12.5. The highest BCUT2D eigenvalue weighted by Crippen LogP contribution is 2.16. The Morgan fingerprint density at radius 2 is 2.08 bits per heavy atom. The van der Waals surface area contributed by atoms with Crippen LogP contribution in [0, 0.1) is 0 Å². The van der Waals surface area contributed by atoms with Crippen LogP contribution in [0.5, 0.6) is 5.75 Å². The molecule has 1 aromatic carbocycles. The van der Waals surface area contributed by atoms with Gasteiger partial charge in [0.15, 0.2) is 5.96 Å². The molecular formula is C18H24N6O2. The normalized spacial score (nSPS) is 15.5. The maximum Gasteiger partial charge on any atom is 0.246 e. The average Bonchev–Trinajstić information content (AvgIpc) is 3.06. The van der Waals surface area contributed by atoms with Crippen LogP contribution in [0.2, 0.25) is 0 Å². The number of hydrogen-bond acceptors (Lipinski definition) is 4. The summed E-state index contributed by atoms with van der Waals surface area (Å²) in [6.07, 6.45) is 4.36. The Bertz CT molecular complexity index is 783. The van der Waals surface area contributed by atoms with Crippen molar-refractivity contribution in [3.63, 3.8) is 0 Å². The fourth-order valence-corrected chi connectivity index (χ4v) is 2.99. The van der Waals surface area contributed by atoms with E-state index in [0.29, 0.717) is 19.6 Å². The molecule has 1 aliphatic rings. The summed E-state index contributed by atoms with van der Waals surface area (Å²) in [4.78, 5) is 20.5. The van der Waals surface area contributed by atoms with Crippen LogP contribution in [0.1, 0.15) is 5.56 Å². The van der Waals surface area contributed by atoms with Crippen molar-refractivity contribution < 1.29 is 9.90 Å². The highest BCUT2D eigenvalue weighted by atomic mass is 16.3. The van der Waals surface area contributed by atoms with Crippen molar-refractivity contribution in [2.45, 2.75) is 6.42 Å². The molecule has 2 heterocycles. The van der Waals surface area contributed by atoms with Crippen molar-refractivity contribution in [1.82, 2.24) is 20.0 Å². The van der Waals surface area contributed by atoms with E-state index in [9.17, 15) is 9.90 Å². The summed E-state index contributed by atoms with van der Waals surface area (Å²) in [5, 5.41) is 16.8. The smallest absolute Gasteiger partial charge is 0.246 e. The third-order valence-electron chi connectivity index (χ3n) is 4.37. The first-order valence-electron chi connectivity index (χ1n) is 8.59. The number of aliphatic imine (C=N–C) groups is 1. The Hall–Kier alpha value is -3.03. The molecule has 1 aromatic heterocycles. The number of guanidine groups is 1. The number of aromatic hydroxyl groups is 1. The number of aromatic nitrogens is 2. The molecule has 2 N–H and O–H groups in total. The minimum atomic E-state index is 0.0331. The highest BCUT2D eigenvalue weighted by Gasteiger charge is 2.27. The topological polar surface area (TPSA) is 86.0 Å². The molecule has 0 unspecified atom stereocenters. The molecular weight excluding hydrogens is 332 g/mol. The fraction of sp³-hybridized carbons (Fsp3) is 0.389. The van der Waals surface area contributed by atoms with Gasteiger partial charge in [0, 0.05) is 39.9 Å². The molecule has 1 fully saturated rings. The van der Waals surface area contributed by atoms with E-state index in [-0.39, 0.29) is 18.2 Å². The number of nitrogens with one attached hydrogen (secondary N) is 1. The zero-order valence-corrected chi connectivity index (χ0v) is 15.1. The van der Waals surface area contributed by atoms with Crippen LogP contribution < -0.4 is 10.2 Å². The standard InChI is InChI=1S/C18H24N6O2/c1-19-18(20-8-7-14-3-5-16(25)6-4-14)23-9-10-24(17(26)13-23)15-11-21-22(2)12-15/h3-6,11-12,25H,7-10,13H2,1-2H3,(H,19,20). The Morgan fingerprint density at radius 1 is 1.31 bits per heavy atom. The molecule has 2 aromatic rings. The van der Waals surface area contributed by atoms with Crippen LogP contribution in [-0.4, -0.2) is 64.9 Å². The molecule has 8 heteroatoms. The lowest BCUT2D eigenvalue weighted by Gasteiger charge is -2.35. The van der Waals surface area contributed by atoms with E-state index >= 15 is 0 Å². The van der Waals surface area contributed by atoms with Crippen molar-refractivity contribution in [3.05, 3.63) is 42.2 Å². The minimum absolute atomic E-state index is 0.0331. The number of amides is 1. The van der Waals surface area contributed by atoms with Crippen LogP contribution in [-0.2, 0) is 18.3 Å². The molecule has 8 nitrogen and oxygen atoms in total. The summed E-state index contributed by atoms with van der Waals surface area (Å²) in [6, 6.07) is 7.16. The Balaban J connectivity index is 1.53. The van der Waals surface area contributed by atoms with Crippen molar-refractivity contribution in [1.29, 1.82) is 0 Å². The van der Waals surface area contributed by atoms with Gasteiger partial charge in [0.2, 0.25) is 5.91 Å². The lowest BCUT2D eigenvalue weighted by Crippen LogP contribution is -2.55. The number of aryl methyl sites for hydroxylation is 1. The van der Waals surface area contributed by atoms with Gasteiger partial charge < -0.3 is 20.2 Å². The molecule has 0 atom stereocenters. The minimum Gasteiger partial charge on any atom is -0.508 e. The monoisotopic (exact) mass is 356 g/mol. The van der Waals surface area contributed by atoms with Gasteiger partial charge in [-0.15, -0.1) is 0 Å². The Kier molecular flexibility index (Phi) is 5.40. The molecule has 0 saturated carbocycles. The van der Waals surface area contributed by atoms with Gasteiger partial charge in [-0.25, -0.2) is 0 Å². The first-order valence-corrected chi connectivity index (χ1v) is 8.59. The van der Waals surface area contributed by atoms with Crippen molar-refractivity contribution >= 4 is 17.6 Å². The number of hydrogen-bond donors (Lipinski definition) is 2. The molecule has 1 amide bonds. The SMILES string of the molecule is CN=C(NCCc1ccc(O)cc1)N1CCN(c2cnn(C)c2)C(=O)C1. The van der Waals surface area contributed by atoms with E-state index < -0.39 is 0 Å². The number of benzene rings is 1. The molecule has 26 heavy (non-hydrogen) atoms. The first-order chi connectivity index (χ1) is 12.6. The zero-order valence-electron chi connectivity index (χ0n) is 15.1. The largest absolute Gasteiger partial charge is 0.508 e. The number of phenols is 1. The van der Waals surface area contributed by atoms with E-state index in [1.807, 2.05) is 30.3 Å². The van der Waals surface area contributed by atoms with Crippen molar-refractivity contribution in [2.75, 3.05) is 38.1 Å². The molecule has 138 valence electrons. The van der Waals surface area contributed by atoms with Crippen LogP contribution in [0.15, 0.2) is 41.7 Å². The highest BCUT2D eigenvalue weighted by molar-refractivity contribution is 5.98. The second-order valence-corrected chi connectivity index (χ2v) is 6.23. The van der Waals surface area contributed by atoms with E-state index in [0.717, 1.165) is 23.6 Å². The van der Waals surface area contributed by atoms with Crippen molar-refractivity contribution in [2.24, 2.45) is 12.0 Å². The third-order valence-corrected chi connectivity index (χ3v) is 4.37. The summed E-state index contributed by atoms with van der Waals surface area (Å²) >= 11 is 0. The van der Waals surface area contributed by atoms with Crippen LogP contribution in [0.25, 0.3) is 0 Å². The van der Waals surface area contributed by atoms with E-state index in [2.05, 4.69) is 15.4 Å². The van der Waals surface area contributed by atoms with Crippen molar-refractivity contribution in [3.8, 4) is 5.75 Å². The third kappa shape index (κ3) is 4.14. The first kappa shape index (κ1) is 17.8. The van der Waals surface area contributed by atoms with E-state index in [1.54, 1.807) is 35.0 Å². The van der Waals surface area contributed by atoms with E-state index in [1.165, 1.54) is 0 Å². The van der Waals surface area contributed by atoms with Gasteiger partial charge in [-0.2, -0.15) is 5.10 Å². The summed E-state index contributed by atoms with van der Waals surface area (Å²) in [5.74, 6) is 1.02. The molecule has 0 radical (unpaired) electrons. The number of piperazine rings is 1. The van der Waals surface area contributed by atoms with Gasteiger partial charge in [0.25, 0.3) is 0 Å². The molecule has 3 rings (SSSR count). The number of anilines is 1. The summed E-state index contributed by atoms with van der Waals surface area (Å²) in [7, 11) is 3.56. The maximum atomic E-state index is 12.5. The molecule has 0 spiro atoms. The molecule has 0 bridgehead atoms. The van der Waals surface area contributed by atoms with Gasteiger partial charge in [0.1, 0.15) is 12.3 Å². The quantitative estimate of drug-likeness (QED) is 0.619. The number of rotatable bonds is 4. The summed E-state index contributed by atoms with van der Waals surface area (Å²) in [5.41, 5.74) is 1.95. The predicted molar refractivity (Wildman–Crippen MR) is 100 cm³/mol. The van der Waals surface area contributed by atoms with Crippen LogP contribution in [0.4, 0.5) is 5.69 Å². The molecule has 1 saturated heterocycles. The van der Waals surface area contributed by atoms with Crippen LogP contribution >= 0.6 is 0 Å². The van der Waals surface area contributed by atoms with E-state index in [4.69, 9.17) is 0 Å². The second kappa shape index (κ2) is 7.90. The van der Waals surface area contributed by atoms with Gasteiger partial charge in [-0.05, 0) is 24.1 Å². The van der Waals surface area contributed by atoms with Gasteiger partial charge >= 0.3 is 0 Å². The number of phenolic OH excluding ortho intramolecular Hbond substituents is 1. The average molecular weight is 356 g/mol. The Morgan fingerprint density at radius 3 is 2.69 bits per heavy atom. The zero-order chi connectivity index (χ0) is 18.5. The fourth-order valence-electron chi connectivity index (χ4n) is 2.99. The van der Waals surface area contributed by atoms with Gasteiger partial charge in [-0.1, -0.05) is 12.1 Å². The lowest BCUT2D eigenvalue weighted by atomic mass is 10.1. The summed E-state index contributed by atoms with van der Waals surface area (Å²) < 4.78 is 1.69. The predicted octanol–water partition coefficient (Wildman–Crippen LogP) is 0.592. The Labute approximate surface area is 152 Å². The van der Waals surface area contributed by atoms with Gasteiger partial charge in [-0.3, -0.25) is 14.5 Å². The van der Waals surface area contributed by atoms with Crippen LogP contribution in [0.3, 0.4) is 0 Å².